The molecule has 0 aliphatic carbocycles. The Kier molecular flexibility index (Phi) is 4.25. The molecule has 0 amide bonds. The quantitative estimate of drug-likeness (QED) is 0.727. The lowest BCUT2D eigenvalue weighted by Crippen LogP contribution is -2.05. The Hall–Kier alpha value is -2.47. The summed E-state index contributed by atoms with van der Waals surface area (Å²) in [6.45, 7) is 6.21. The van der Waals surface area contributed by atoms with E-state index in [1.54, 1.807) is 12.3 Å². The molecular weight excluding hydrogens is 310 g/mol. The van der Waals surface area contributed by atoms with Crippen LogP contribution in [0, 0.1) is 13.8 Å². The molecule has 2 aromatic heterocycles. The Bertz CT molecular complexity index is 853. The molecule has 0 aliphatic rings. The molecule has 0 radical (unpaired) electrons. The summed E-state index contributed by atoms with van der Waals surface area (Å²) in [4.78, 5) is 21.4. The predicted molar refractivity (Wildman–Crippen MR) is 92.6 cm³/mol. The number of rotatable bonds is 4. The van der Waals surface area contributed by atoms with Gasteiger partial charge in [-0.15, -0.1) is 11.3 Å². The van der Waals surface area contributed by atoms with Crippen molar-refractivity contribution in [1.29, 1.82) is 0 Å². The summed E-state index contributed by atoms with van der Waals surface area (Å²) in [5.74, 6) is 0.265. The lowest BCUT2D eigenvalue weighted by atomic mass is 10.1. The van der Waals surface area contributed by atoms with Crippen molar-refractivity contribution in [2.75, 3.05) is 11.9 Å². The van der Waals surface area contributed by atoms with Crippen LogP contribution in [0.4, 0.5) is 11.5 Å². The second-order valence-electron chi connectivity index (χ2n) is 5.27. The lowest BCUT2D eigenvalue weighted by molar-refractivity contribution is 0.0529. The minimum absolute atomic E-state index is 0.337. The van der Waals surface area contributed by atoms with Gasteiger partial charge in [0.1, 0.15) is 17.0 Å². The number of anilines is 2. The SMILES string of the molecule is CCOC(=O)c1csc2ncnc(Nc3cc(C)cc(C)c3)c12. The molecule has 3 rings (SSSR count). The molecule has 118 valence electrons. The van der Waals surface area contributed by atoms with E-state index >= 15 is 0 Å². The maximum Gasteiger partial charge on any atom is 0.339 e. The number of nitrogens with one attached hydrogen (secondary N) is 1. The molecule has 0 spiro atoms. The van der Waals surface area contributed by atoms with E-state index in [9.17, 15) is 4.79 Å². The van der Waals surface area contributed by atoms with E-state index in [0.717, 1.165) is 21.6 Å². The van der Waals surface area contributed by atoms with E-state index in [1.165, 1.54) is 17.7 Å². The van der Waals surface area contributed by atoms with Crippen LogP contribution in [0.25, 0.3) is 10.2 Å². The van der Waals surface area contributed by atoms with E-state index in [2.05, 4.69) is 21.4 Å². The number of carbonyl (C=O) groups is 1. The van der Waals surface area contributed by atoms with Crippen molar-refractivity contribution in [3.8, 4) is 0 Å². The van der Waals surface area contributed by atoms with Crippen LogP contribution in [0.15, 0.2) is 29.9 Å². The lowest BCUT2D eigenvalue weighted by Gasteiger charge is -2.10. The third-order valence-corrected chi connectivity index (χ3v) is 4.24. The number of esters is 1. The third-order valence-electron chi connectivity index (χ3n) is 3.35. The first kappa shape index (κ1) is 15.4. The van der Waals surface area contributed by atoms with Gasteiger partial charge in [-0.1, -0.05) is 6.07 Å². The van der Waals surface area contributed by atoms with Gasteiger partial charge in [-0.05, 0) is 44.0 Å². The van der Waals surface area contributed by atoms with Crippen molar-refractivity contribution in [3.05, 3.63) is 46.6 Å². The van der Waals surface area contributed by atoms with E-state index in [4.69, 9.17) is 4.74 Å². The number of aryl methyl sites for hydroxylation is 2. The maximum absolute atomic E-state index is 12.1. The molecule has 0 aliphatic heterocycles. The summed E-state index contributed by atoms with van der Waals surface area (Å²) in [5.41, 5.74) is 3.75. The highest BCUT2D eigenvalue weighted by Gasteiger charge is 2.18. The highest BCUT2D eigenvalue weighted by Crippen LogP contribution is 2.31. The summed E-state index contributed by atoms with van der Waals surface area (Å²) in [7, 11) is 0. The van der Waals surface area contributed by atoms with Crippen LogP contribution in [-0.2, 0) is 4.74 Å². The summed E-state index contributed by atoms with van der Waals surface area (Å²) >= 11 is 1.41. The van der Waals surface area contributed by atoms with Crippen LogP contribution in [-0.4, -0.2) is 22.5 Å². The number of benzene rings is 1. The Morgan fingerprint density at radius 2 is 1.96 bits per heavy atom. The molecule has 5 nitrogen and oxygen atoms in total. The number of hydrogen-bond donors (Lipinski definition) is 1. The standard InChI is InChI=1S/C17H17N3O2S/c1-4-22-17(21)13-8-23-16-14(13)15(18-9-19-16)20-12-6-10(2)5-11(3)7-12/h5-9H,4H2,1-3H3,(H,18,19,20). The fraction of sp³-hybridized carbons (Fsp3) is 0.235. The highest BCUT2D eigenvalue weighted by molar-refractivity contribution is 7.17. The van der Waals surface area contributed by atoms with Crippen LogP contribution in [0.1, 0.15) is 28.4 Å². The highest BCUT2D eigenvalue weighted by atomic mass is 32.1. The molecule has 23 heavy (non-hydrogen) atoms. The van der Waals surface area contributed by atoms with Crippen LogP contribution >= 0.6 is 11.3 Å². The molecule has 0 atom stereocenters. The molecule has 1 aromatic carbocycles. The van der Waals surface area contributed by atoms with Gasteiger partial charge >= 0.3 is 5.97 Å². The van der Waals surface area contributed by atoms with Crippen molar-refractivity contribution in [2.45, 2.75) is 20.8 Å². The first-order valence-electron chi connectivity index (χ1n) is 7.33. The Labute approximate surface area is 138 Å². The Morgan fingerprint density at radius 1 is 1.22 bits per heavy atom. The third kappa shape index (κ3) is 3.17. The smallest absolute Gasteiger partial charge is 0.339 e. The fourth-order valence-electron chi connectivity index (χ4n) is 2.51. The average molecular weight is 327 g/mol. The summed E-state index contributed by atoms with van der Waals surface area (Å²) in [6.07, 6.45) is 1.50. The van der Waals surface area contributed by atoms with Crippen molar-refractivity contribution >= 4 is 39.0 Å². The average Bonchev–Trinajstić information content (AvgIpc) is 2.91. The minimum Gasteiger partial charge on any atom is -0.462 e. The number of thiophene rings is 1. The van der Waals surface area contributed by atoms with Gasteiger partial charge < -0.3 is 10.1 Å². The molecule has 6 heteroatoms. The van der Waals surface area contributed by atoms with Crippen LogP contribution in [0.3, 0.4) is 0 Å². The van der Waals surface area contributed by atoms with E-state index in [0.29, 0.717) is 23.4 Å². The van der Waals surface area contributed by atoms with Gasteiger partial charge in [0, 0.05) is 11.1 Å². The zero-order valence-electron chi connectivity index (χ0n) is 13.2. The maximum atomic E-state index is 12.1. The number of fused-ring (bicyclic) bond motifs is 1. The van der Waals surface area contributed by atoms with E-state index in [1.807, 2.05) is 26.0 Å². The summed E-state index contributed by atoms with van der Waals surface area (Å²) < 4.78 is 5.12. The number of hydrogen-bond acceptors (Lipinski definition) is 6. The topological polar surface area (TPSA) is 64.1 Å². The molecule has 0 fully saturated rings. The van der Waals surface area contributed by atoms with Crippen LogP contribution in [0.2, 0.25) is 0 Å². The minimum atomic E-state index is -0.350. The molecular formula is C17H17N3O2S. The van der Waals surface area contributed by atoms with Gasteiger partial charge in [0.25, 0.3) is 0 Å². The predicted octanol–water partition coefficient (Wildman–Crippen LogP) is 4.23. The van der Waals surface area contributed by atoms with Gasteiger partial charge in [-0.3, -0.25) is 0 Å². The largest absolute Gasteiger partial charge is 0.462 e. The molecule has 0 saturated heterocycles. The summed E-state index contributed by atoms with van der Waals surface area (Å²) in [6, 6.07) is 6.18. The van der Waals surface area contributed by atoms with Crippen molar-refractivity contribution < 1.29 is 9.53 Å². The van der Waals surface area contributed by atoms with Crippen LogP contribution < -0.4 is 5.32 Å². The summed E-state index contributed by atoms with van der Waals surface area (Å²) in [5, 5.41) is 5.77. The van der Waals surface area contributed by atoms with Gasteiger partial charge in [0.2, 0.25) is 0 Å². The normalized spacial score (nSPS) is 10.7. The molecule has 0 bridgehead atoms. The zero-order chi connectivity index (χ0) is 16.4. The Balaban J connectivity index is 2.06. The van der Waals surface area contributed by atoms with Crippen molar-refractivity contribution in [2.24, 2.45) is 0 Å². The van der Waals surface area contributed by atoms with Gasteiger partial charge in [0.15, 0.2) is 0 Å². The van der Waals surface area contributed by atoms with Gasteiger partial charge in [-0.2, -0.15) is 0 Å². The first-order valence-corrected chi connectivity index (χ1v) is 8.21. The van der Waals surface area contributed by atoms with Gasteiger partial charge in [0.05, 0.1) is 17.6 Å². The monoisotopic (exact) mass is 327 g/mol. The molecule has 0 saturated carbocycles. The molecule has 1 N–H and O–H groups in total. The van der Waals surface area contributed by atoms with Crippen molar-refractivity contribution in [1.82, 2.24) is 9.97 Å². The number of aromatic nitrogens is 2. The van der Waals surface area contributed by atoms with E-state index in [-0.39, 0.29) is 5.97 Å². The number of nitrogens with zero attached hydrogens (tertiary/aromatic N) is 2. The second-order valence-corrected chi connectivity index (χ2v) is 6.13. The second kappa shape index (κ2) is 6.34. The molecule has 3 aromatic rings. The number of carbonyl (C=O) groups excluding carboxylic acids is 1. The molecule has 0 unspecified atom stereocenters. The van der Waals surface area contributed by atoms with Gasteiger partial charge in [-0.25, -0.2) is 14.8 Å². The first-order chi connectivity index (χ1) is 11.1. The zero-order valence-corrected chi connectivity index (χ0v) is 14.0. The fourth-order valence-corrected chi connectivity index (χ4v) is 3.39. The Morgan fingerprint density at radius 3 is 2.65 bits per heavy atom. The van der Waals surface area contributed by atoms with Crippen molar-refractivity contribution in [3.63, 3.8) is 0 Å². The van der Waals surface area contributed by atoms with E-state index < -0.39 is 0 Å². The van der Waals surface area contributed by atoms with Crippen LogP contribution in [0.5, 0.6) is 0 Å². The molecule has 2 heterocycles. The number of ether oxygens (including phenoxy) is 1.